The Bertz CT molecular complexity index is 730. The number of hydrogen-bond acceptors (Lipinski definition) is 4. The number of nitrogens with zero attached hydrogens (tertiary/aromatic N) is 3. The fourth-order valence-corrected chi connectivity index (χ4v) is 2.86. The van der Waals surface area contributed by atoms with Crippen LogP contribution in [-0.4, -0.2) is 34.5 Å². The minimum absolute atomic E-state index is 0.0711. The summed E-state index contributed by atoms with van der Waals surface area (Å²) in [5.41, 5.74) is 2.16. The van der Waals surface area contributed by atoms with Crippen LogP contribution in [0.25, 0.3) is 11.3 Å². The Morgan fingerprint density at radius 1 is 1.12 bits per heavy atom. The number of nitrogens with one attached hydrogen (secondary N) is 1. The maximum atomic E-state index is 12.4. The average Bonchev–Trinajstić information content (AvgIpc) is 3.08. The van der Waals surface area contributed by atoms with Gasteiger partial charge in [-0.1, -0.05) is 12.1 Å². The molecule has 0 radical (unpaired) electrons. The number of anilines is 1. The zero-order chi connectivity index (χ0) is 17.2. The normalized spacial score (nSPS) is 14.7. The molecule has 2 heterocycles. The second-order valence-corrected chi connectivity index (χ2v) is 7.24. The van der Waals surface area contributed by atoms with Crippen molar-refractivity contribution in [3.8, 4) is 11.3 Å². The van der Waals surface area contributed by atoms with Crippen LogP contribution in [0.1, 0.15) is 44.0 Å². The van der Waals surface area contributed by atoms with E-state index in [0.717, 1.165) is 30.2 Å². The molecule has 1 amide bonds. The van der Waals surface area contributed by atoms with E-state index in [4.69, 9.17) is 0 Å². The predicted octanol–water partition coefficient (Wildman–Crippen LogP) is 3.27. The Morgan fingerprint density at radius 3 is 2.58 bits per heavy atom. The van der Waals surface area contributed by atoms with Crippen molar-refractivity contribution in [3.05, 3.63) is 42.2 Å². The number of aromatic nitrogens is 2. The van der Waals surface area contributed by atoms with E-state index in [1.165, 1.54) is 12.8 Å². The van der Waals surface area contributed by atoms with Crippen molar-refractivity contribution in [3.63, 3.8) is 0 Å². The lowest BCUT2D eigenvalue weighted by Gasteiger charge is -2.20. The summed E-state index contributed by atoms with van der Waals surface area (Å²) in [6.07, 6.45) is 4.02. The highest BCUT2D eigenvalue weighted by molar-refractivity contribution is 5.95. The molecule has 0 atom stereocenters. The third-order valence-electron chi connectivity index (χ3n) is 3.99. The van der Waals surface area contributed by atoms with Gasteiger partial charge in [0.2, 0.25) is 0 Å². The van der Waals surface area contributed by atoms with Gasteiger partial charge in [-0.2, -0.15) is 0 Å². The monoisotopic (exact) mass is 324 g/mol. The molecule has 0 spiro atoms. The lowest BCUT2D eigenvalue weighted by Crippen LogP contribution is -2.40. The molecule has 1 saturated heterocycles. The Morgan fingerprint density at radius 2 is 1.88 bits per heavy atom. The van der Waals surface area contributed by atoms with Crippen molar-refractivity contribution in [2.45, 2.75) is 39.2 Å². The summed E-state index contributed by atoms with van der Waals surface area (Å²) in [5.74, 6) is 0.889. The standard InChI is InChI=1S/C19H24N4O/c1-19(2,3)22-18(24)15-8-6-7-14(11-15)16-12-17(21-13-20-16)23-9-4-5-10-23/h6-8,11-13H,4-5,9-10H2,1-3H3,(H,22,24). The van der Waals surface area contributed by atoms with Crippen molar-refractivity contribution in [2.75, 3.05) is 18.0 Å². The molecule has 1 N–H and O–H groups in total. The van der Waals surface area contributed by atoms with E-state index in [1.54, 1.807) is 6.33 Å². The first-order chi connectivity index (χ1) is 11.4. The van der Waals surface area contributed by atoms with Gasteiger partial charge in [-0.05, 0) is 45.7 Å². The summed E-state index contributed by atoms with van der Waals surface area (Å²) in [7, 11) is 0. The fourth-order valence-electron chi connectivity index (χ4n) is 2.86. The summed E-state index contributed by atoms with van der Waals surface area (Å²) in [4.78, 5) is 23.4. The molecule has 1 aliphatic heterocycles. The fraction of sp³-hybridized carbons (Fsp3) is 0.421. The number of hydrogen-bond donors (Lipinski definition) is 1. The van der Waals surface area contributed by atoms with Crippen LogP contribution in [0.5, 0.6) is 0 Å². The van der Waals surface area contributed by atoms with Gasteiger partial charge in [-0.25, -0.2) is 9.97 Å². The van der Waals surface area contributed by atoms with E-state index in [9.17, 15) is 4.79 Å². The molecule has 1 fully saturated rings. The van der Waals surface area contributed by atoms with Crippen LogP contribution in [0.4, 0.5) is 5.82 Å². The summed E-state index contributed by atoms with van der Waals surface area (Å²) in [5, 5.41) is 2.99. The van der Waals surface area contributed by atoms with Crippen molar-refractivity contribution < 1.29 is 4.79 Å². The number of carbonyl (C=O) groups excluding carboxylic acids is 1. The maximum absolute atomic E-state index is 12.4. The lowest BCUT2D eigenvalue weighted by atomic mass is 10.0. The van der Waals surface area contributed by atoms with Gasteiger partial charge in [0.1, 0.15) is 12.1 Å². The van der Waals surface area contributed by atoms with Crippen LogP contribution in [-0.2, 0) is 0 Å². The summed E-state index contributed by atoms with van der Waals surface area (Å²) >= 11 is 0. The van der Waals surface area contributed by atoms with Crippen LogP contribution < -0.4 is 10.2 Å². The van der Waals surface area contributed by atoms with Crippen LogP contribution >= 0.6 is 0 Å². The van der Waals surface area contributed by atoms with Gasteiger partial charge in [0.25, 0.3) is 5.91 Å². The van der Waals surface area contributed by atoms with Gasteiger partial charge in [-0.15, -0.1) is 0 Å². The van der Waals surface area contributed by atoms with Crippen molar-refractivity contribution in [2.24, 2.45) is 0 Å². The highest BCUT2D eigenvalue weighted by Gasteiger charge is 2.17. The highest BCUT2D eigenvalue weighted by Crippen LogP contribution is 2.24. The van der Waals surface area contributed by atoms with Crippen molar-refractivity contribution >= 4 is 11.7 Å². The Balaban J connectivity index is 1.86. The van der Waals surface area contributed by atoms with E-state index < -0.39 is 0 Å². The molecule has 5 nitrogen and oxygen atoms in total. The molecule has 1 aromatic heterocycles. The molecular formula is C19H24N4O. The van der Waals surface area contributed by atoms with Crippen LogP contribution in [0.2, 0.25) is 0 Å². The van der Waals surface area contributed by atoms with Gasteiger partial charge in [0, 0.05) is 35.8 Å². The predicted molar refractivity (Wildman–Crippen MR) is 96.1 cm³/mol. The average molecular weight is 324 g/mol. The van der Waals surface area contributed by atoms with E-state index in [-0.39, 0.29) is 11.4 Å². The summed E-state index contributed by atoms with van der Waals surface area (Å²) < 4.78 is 0. The second kappa shape index (κ2) is 6.59. The maximum Gasteiger partial charge on any atom is 0.251 e. The molecule has 0 bridgehead atoms. The molecular weight excluding hydrogens is 300 g/mol. The van der Waals surface area contributed by atoms with Crippen LogP contribution in [0.3, 0.4) is 0 Å². The minimum Gasteiger partial charge on any atom is -0.357 e. The number of amides is 1. The molecule has 1 aromatic carbocycles. The number of carbonyl (C=O) groups is 1. The Kier molecular flexibility index (Phi) is 4.51. The summed E-state index contributed by atoms with van der Waals surface area (Å²) in [6.45, 7) is 8.01. The van der Waals surface area contributed by atoms with E-state index in [2.05, 4.69) is 20.2 Å². The molecule has 126 valence electrons. The molecule has 5 heteroatoms. The van der Waals surface area contributed by atoms with E-state index >= 15 is 0 Å². The molecule has 0 unspecified atom stereocenters. The first-order valence-electron chi connectivity index (χ1n) is 8.42. The third kappa shape index (κ3) is 3.91. The minimum atomic E-state index is -0.259. The van der Waals surface area contributed by atoms with Gasteiger partial charge in [0.15, 0.2) is 0 Å². The zero-order valence-electron chi connectivity index (χ0n) is 14.5. The zero-order valence-corrected chi connectivity index (χ0v) is 14.5. The first-order valence-corrected chi connectivity index (χ1v) is 8.42. The van der Waals surface area contributed by atoms with Gasteiger partial charge >= 0.3 is 0 Å². The third-order valence-corrected chi connectivity index (χ3v) is 3.99. The SMILES string of the molecule is CC(C)(C)NC(=O)c1cccc(-c2cc(N3CCCC3)ncn2)c1. The van der Waals surface area contributed by atoms with Crippen LogP contribution in [0.15, 0.2) is 36.7 Å². The second-order valence-electron chi connectivity index (χ2n) is 7.24. The molecule has 0 aliphatic carbocycles. The molecule has 2 aromatic rings. The smallest absolute Gasteiger partial charge is 0.251 e. The molecule has 1 aliphatic rings. The largest absolute Gasteiger partial charge is 0.357 e. The van der Waals surface area contributed by atoms with Gasteiger partial charge in [0.05, 0.1) is 5.69 Å². The Hall–Kier alpha value is -2.43. The topological polar surface area (TPSA) is 58.1 Å². The van der Waals surface area contributed by atoms with E-state index in [0.29, 0.717) is 5.56 Å². The quantitative estimate of drug-likeness (QED) is 0.941. The van der Waals surface area contributed by atoms with Crippen molar-refractivity contribution in [1.29, 1.82) is 0 Å². The number of benzene rings is 1. The molecule has 24 heavy (non-hydrogen) atoms. The van der Waals surface area contributed by atoms with E-state index in [1.807, 2.05) is 51.1 Å². The van der Waals surface area contributed by atoms with Crippen molar-refractivity contribution in [1.82, 2.24) is 15.3 Å². The van der Waals surface area contributed by atoms with Gasteiger partial charge < -0.3 is 10.2 Å². The first kappa shape index (κ1) is 16.4. The van der Waals surface area contributed by atoms with Gasteiger partial charge in [-0.3, -0.25) is 4.79 Å². The lowest BCUT2D eigenvalue weighted by molar-refractivity contribution is 0.0919. The highest BCUT2D eigenvalue weighted by atomic mass is 16.1. The number of rotatable bonds is 3. The molecule has 3 rings (SSSR count). The summed E-state index contributed by atoms with van der Waals surface area (Å²) in [6, 6.07) is 9.59. The Labute approximate surface area is 143 Å². The van der Waals surface area contributed by atoms with Crippen LogP contribution in [0, 0.1) is 0 Å². The molecule has 0 saturated carbocycles.